The number of nitrogens with one attached hydrogen (secondary N) is 1. The third-order valence-electron chi connectivity index (χ3n) is 2.74. The van der Waals surface area contributed by atoms with Crippen LogP contribution in [0.25, 0.3) is 5.76 Å². The van der Waals surface area contributed by atoms with E-state index in [0.717, 1.165) is 16.9 Å². The molecular formula is C19H23NO2. The maximum absolute atomic E-state index is 7.41. The van der Waals surface area contributed by atoms with Crippen LogP contribution in [0.15, 0.2) is 67.2 Å². The van der Waals surface area contributed by atoms with Crippen molar-refractivity contribution in [1.29, 1.82) is 5.41 Å². The molecule has 0 amide bonds. The smallest absolute Gasteiger partial charge is 0.213 e. The molecule has 0 spiro atoms. The third kappa shape index (κ3) is 6.27. The molecule has 0 radical (unpaired) electrons. The van der Waals surface area contributed by atoms with E-state index in [4.69, 9.17) is 14.9 Å². The predicted molar refractivity (Wildman–Crippen MR) is 92.0 cm³/mol. The first kappa shape index (κ1) is 17.5. The Hall–Kier alpha value is -2.55. The van der Waals surface area contributed by atoms with Gasteiger partial charge in [-0.25, -0.2) is 0 Å². The number of rotatable bonds is 5. The Balaban J connectivity index is 0.000000220. The molecule has 2 aromatic rings. The predicted octanol–water partition coefficient (Wildman–Crippen LogP) is 4.74. The van der Waals surface area contributed by atoms with Gasteiger partial charge in [0.25, 0.3) is 0 Å². The molecule has 0 saturated heterocycles. The van der Waals surface area contributed by atoms with Crippen molar-refractivity contribution in [2.75, 3.05) is 13.2 Å². The summed E-state index contributed by atoms with van der Waals surface area (Å²) in [5, 5.41) is 7.41. The highest BCUT2D eigenvalue weighted by Gasteiger charge is 1.97. The second-order valence-corrected chi connectivity index (χ2v) is 4.35. The topological polar surface area (TPSA) is 42.3 Å². The maximum atomic E-state index is 7.41. The van der Waals surface area contributed by atoms with Gasteiger partial charge in [0.1, 0.15) is 5.76 Å². The second kappa shape index (κ2) is 10.2. The van der Waals surface area contributed by atoms with E-state index in [9.17, 15) is 0 Å². The van der Waals surface area contributed by atoms with E-state index in [1.807, 2.05) is 74.5 Å². The lowest BCUT2D eigenvalue weighted by Crippen LogP contribution is -2.03. The third-order valence-corrected chi connectivity index (χ3v) is 2.74. The summed E-state index contributed by atoms with van der Waals surface area (Å²) >= 11 is 0. The summed E-state index contributed by atoms with van der Waals surface area (Å²) in [5.41, 5.74) is 1.88. The fraction of sp³-hybridized carbons (Fsp3) is 0.211. The van der Waals surface area contributed by atoms with Gasteiger partial charge in [0.15, 0.2) is 0 Å². The minimum Gasteiger partial charge on any atom is -0.494 e. The fourth-order valence-corrected chi connectivity index (χ4v) is 1.70. The zero-order valence-corrected chi connectivity index (χ0v) is 13.2. The van der Waals surface area contributed by atoms with Crippen molar-refractivity contribution >= 4 is 11.7 Å². The van der Waals surface area contributed by atoms with Crippen molar-refractivity contribution in [3.05, 3.63) is 78.4 Å². The normalized spacial score (nSPS) is 9.18. The van der Waals surface area contributed by atoms with Gasteiger partial charge in [-0.3, -0.25) is 5.41 Å². The second-order valence-electron chi connectivity index (χ2n) is 4.35. The van der Waals surface area contributed by atoms with Gasteiger partial charge < -0.3 is 9.47 Å². The Morgan fingerprint density at radius 1 is 0.818 bits per heavy atom. The molecule has 0 bridgehead atoms. The molecule has 0 fully saturated rings. The zero-order valence-electron chi connectivity index (χ0n) is 13.2. The first-order chi connectivity index (χ1) is 10.7. The van der Waals surface area contributed by atoms with Gasteiger partial charge in [-0.1, -0.05) is 55.1 Å². The molecule has 2 rings (SSSR count). The van der Waals surface area contributed by atoms with Gasteiger partial charge in [0.05, 0.1) is 13.2 Å². The van der Waals surface area contributed by atoms with Gasteiger partial charge in [0.2, 0.25) is 5.90 Å². The number of hydrogen-bond donors (Lipinski definition) is 1. The van der Waals surface area contributed by atoms with Crippen molar-refractivity contribution in [3.63, 3.8) is 0 Å². The summed E-state index contributed by atoms with van der Waals surface area (Å²) < 4.78 is 10.2. The van der Waals surface area contributed by atoms with Gasteiger partial charge in [0, 0.05) is 11.1 Å². The minimum atomic E-state index is 0.244. The molecule has 22 heavy (non-hydrogen) atoms. The average Bonchev–Trinajstić information content (AvgIpc) is 2.57. The molecule has 0 aliphatic rings. The van der Waals surface area contributed by atoms with Crippen molar-refractivity contribution in [2.24, 2.45) is 0 Å². The maximum Gasteiger partial charge on any atom is 0.213 e. The molecule has 0 aromatic heterocycles. The van der Waals surface area contributed by atoms with Crippen molar-refractivity contribution in [1.82, 2.24) is 0 Å². The Morgan fingerprint density at radius 2 is 1.27 bits per heavy atom. The standard InChI is InChI=1S/C10H12O.C9H11NO/c1-3-11-9(2)10-7-5-4-6-8-10;1-2-11-9(10)8-6-4-3-5-7-8/h4-8H,2-3H2,1H3;3-7,10H,2H2,1H3. The molecule has 3 nitrogen and oxygen atoms in total. The van der Waals surface area contributed by atoms with E-state index in [1.54, 1.807) is 0 Å². The van der Waals surface area contributed by atoms with E-state index in [2.05, 4.69) is 6.58 Å². The molecule has 2 aromatic carbocycles. The van der Waals surface area contributed by atoms with Crippen molar-refractivity contribution in [3.8, 4) is 0 Å². The summed E-state index contributed by atoms with van der Waals surface area (Å²) in [6.07, 6.45) is 0. The van der Waals surface area contributed by atoms with Gasteiger partial charge >= 0.3 is 0 Å². The average molecular weight is 297 g/mol. The first-order valence-electron chi connectivity index (χ1n) is 7.32. The van der Waals surface area contributed by atoms with Crippen LogP contribution in [-0.4, -0.2) is 19.1 Å². The molecule has 0 unspecified atom stereocenters. The zero-order chi connectivity index (χ0) is 16.2. The van der Waals surface area contributed by atoms with Crippen LogP contribution in [-0.2, 0) is 9.47 Å². The van der Waals surface area contributed by atoms with Crippen LogP contribution in [0.5, 0.6) is 0 Å². The fourth-order valence-electron chi connectivity index (χ4n) is 1.70. The summed E-state index contributed by atoms with van der Waals surface area (Å²) in [4.78, 5) is 0. The van der Waals surface area contributed by atoms with Gasteiger partial charge in [-0.15, -0.1) is 0 Å². The largest absolute Gasteiger partial charge is 0.494 e. The summed E-state index contributed by atoms with van der Waals surface area (Å²) in [5.74, 6) is 0.987. The Labute approximate surface area is 132 Å². The Bertz CT molecular complexity index is 511. The van der Waals surface area contributed by atoms with E-state index in [-0.39, 0.29) is 5.90 Å². The van der Waals surface area contributed by atoms with E-state index >= 15 is 0 Å². The van der Waals surface area contributed by atoms with Gasteiger partial charge in [-0.05, 0) is 26.0 Å². The highest BCUT2D eigenvalue weighted by Crippen LogP contribution is 2.11. The monoisotopic (exact) mass is 297 g/mol. The highest BCUT2D eigenvalue weighted by atomic mass is 16.5. The molecule has 0 atom stereocenters. The van der Waals surface area contributed by atoms with Crippen LogP contribution in [0.2, 0.25) is 0 Å². The van der Waals surface area contributed by atoms with Crippen LogP contribution in [0.1, 0.15) is 25.0 Å². The number of hydrogen-bond acceptors (Lipinski definition) is 3. The van der Waals surface area contributed by atoms with E-state index in [0.29, 0.717) is 13.2 Å². The molecule has 0 aliphatic heterocycles. The quantitative estimate of drug-likeness (QED) is 0.492. The lowest BCUT2D eigenvalue weighted by Gasteiger charge is -2.05. The van der Waals surface area contributed by atoms with Crippen LogP contribution in [0, 0.1) is 5.41 Å². The minimum absolute atomic E-state index is 0.244. The van der Waals surface area contributed by atoms with Crippen LogP contribution >= 0.6 is 0 Å². The summed E-state index contributed by atoms with van der Waals surface area (Å²) in [7, 11) is 0. The first-order valence-corrected chi connectivity index (χ1v) is 7.32. The van der Waals surface area contributed by atoms with Gasteiger partial charge in [-0.2, -0.15) is 0 Å². The molecule has 0 aliphatic carbocycles. The van der Waals surface area contributed by atoms with Crippen LogP contribution < -0.4 is 0 Å². The van der Waals surface area contributed by atoms with Crippen LogP contribution in [0.3, 0.4) is 0 Å². The molecule has 0 saturated carbocycles. The highest BCUT2D eigenvalue weighted by molar-refractivity contribution is 5.91. The molecule has 0 heterocycles. The van der Waals surface area contributed by atoms with Crippen molar-refractivity contribution < 1.29 is 9.47 Å². The molecule has 3 heteroatoms. The van der Waals surface area contributed by atoms with Crippen molar-refractivity contribution in [2.45, 2.75) is 13.8 Å². The Morgan fingerprint density at radius 3 is 1.73 bits per heavy atom. The van der Waals surface area contributed by atoms with E-state index < -0.39 is 0 Å². The van der Waals surface area contributed by atoms with Crippen LogP contribution in [0.4, 0.5) is 0 Å². The summed E-state index contributed by atoms with van der Waals surface area (Å²) in [6, 6.07) is 19.3. The summed E-state index contributed by atoms with van der Waals surface area (Å²) in [6.45, 7) is 8.84. The Kier molecular flexibility index (Phi) is 8.13. The lowest BCUT2D eigenvalue weighted by atomic mass is 10.2. The number of ether oxygens (including phenoxy) is 2. The molecular weight excluding hydrogens is 274 g/mol. The van der Waals surface area contributed by atoms with E-state index in [1.165, 1.54) is 0 Å². The molecule has 116 valence electrons. The SMILES string of the molecule is C=C(OCC)c1ccccc1.CCOC(=N)c1ccccc1. The number of benzene rings is 2. The molecule has 1 N–H and O–H groups in total. The lowest BCUT2D eigenvalue weighted by molar-refractivity contribution is 0.299.